The zero-order chi connectivity index (χ0) is 19.1. The van der Waals surface area contributed by atoms with Gasteiger partial charge in [0.25, 0.3) is 5.91 Å². The number of rotatable bonds is 3. The van der Waals surface area contributed by atoms with Crippen molar-refractivity contribution in [2.24, 2.45) is 5.92 Å². The third-order valence-electron chi connectivity index (χ3n) is 5.42. The molecular formula is C18H21BrN6O2. The van der Waals surface area contributed by atoms with Crippen molar-refractivity contribution in [3.8, 4) is 0 Å². The molecule has 1 fully saturated rings. The number of nitrogens with one attached hydrogen (secondary N) is 1. The Hall–Kier alpha value is -2.42. The summed E-state index contributed by atoms with van der Waals surface area (Å²) >= 11 is 3.57. The van der Waals surface area contributed by atoms with Gasteiger partial charge in [0, 0.05) is 30.8 Å². The van der Waals surface area contributed by atoms with Crippen molar-refractivity contribution in [3.63, 3.8) is 0 Å². The van der Waals surface area contributed by atoms with E-state index in [0.717, 1.165) is 34.3 Å². The fraction of sp³-hybridized carbons (Fsp3) is 0.444. The molecule has 1 saturated heterocycles. The topological polar surface area (TPSA) is 91.2 Å². The van der Waals surface area contributed by atoms with Gasteiger partial charge in [0.05, 0.1) is 17.6 Å². The summed E-state index contributed by atoms with van der Waals surface area (Å²) in [7, 11) is 2.03. The lowest BCUT2D eigenvalue weighted by Crippen LogP contribution is -2.53. The zero-order valence-electron chi connectivity index (χ0n) is 15.4. The van der Waals surface area contributed by atoms with Gasteiger partial charge in [-0.3, -0.25) is 4.79 Å². The fourth-order valence-electron chi connectivity index (χ4n) is 3.75. The number of hydrogen-bond acceptors (Lipinski definition) is 6. The summed E-state index contributed by atoms with van der Waals surface area (Å²) in [6.45, 7) is 5.33. The summed E-state index contributed by atoms with van der Waals surface area (Å²) in [5.74, 6) is 1.79. The van der Waals surface area contributed by atoms with Gasteiger partial charge in [0.1, 0.15) is 29.1 Å². The van der Waals surface area contributed by atoms with Crippen molar-refractivity contribution in [2.45, 2.75) is 26.3 Å². The molecule has 0 aliphatic carbocycles. The lowest BCUT2D eigenvalue weighted by molar-refractivity contribution is 0.0668. The third-order valence-corrected chi connectivity index (χ3v) is 6.05. The predicted molar refractivity (Wildman–Crippen MR) is 105 cm³/mol. The van der Waals surface area contributed by atoms with Crippen LogP contribution in [-0.4, -0.2) is 57.1 Å². The summed E-state index contributed by atoms with van der Waals surface area (Å²) in [4.78, 5) is 28.9. The number of aryl methyl sites for hydroxylation is 1. The zero-order valence-corrected chi connectivity index (χ0v) is 17.0. The molecule has 142 valence electrons. The van der Waals surface area contributed by atoms with E-state index in [-0.39, 0.29) is 11.9 Å². The highest BCUT2D eigenvalue weighted by atomic mass is 79.9. The predicted octanol–water partition coefficient (Wildman–Crippen LogP) is 3.00. The number of anilines is 1. The monoisotopic (exact) mass is 432 g/mol. The average Bonchev–Trinajstić information content (AvgIpc) is 3.27. The number of likely N-dealkylation sites (N-methyl/N-ethyl adjacent to an activating group) is 1. The highest BCUT2D eigenvalue weighted by Crippen LogP contribution is 2.33. The molecule has 0 spiro atoms. The van der Waals surface area contributed by atoms with Crippen LogP contribution in [0.1, 0.15) is 29.5 Å². The van der Waals surface area contributed by atoms with Gasteiger partial charge in [-0.15, -0.1) is 0 Å². The molecule has 0 aromatic carbocycles. The number of nitrogens with zero attached hydrogens (tertiary/aromatic N) is 5. The fourth-order valence-corrected chi connectivity index (χ4v) is 4.23. The molecule has 4 heterocycles. The Morgan fingerprint density at radius 1 is 1.44 bits per heavy atom. The molecule has 1 N–H and O–H groups in total. The number of piperidine rings is 1. The molecule has 8 nitrogen and oxygen atoms in total. The van der Waals surface area contributed by atoms with Gasteiger partial charge in [0.2, 0.25) is 0 Å². The Morgan fingerprint density at radius 2 is 2.26 bits per heavy atom. The minimum atomic E-state index is -0.0327. The number of aromatic amines is 1. The molecule has 2 unspecified atom stereocenters. The standard InChI is InChI=1S/C18H21BrN6O2/c1-10-4-5-25(18(26)12-6-23-27-11(12)2)8-14(10)24(3)17-15-13(19)7-20-16(15)21-9-22-17/h6-7,9-10,14H,4-5,8H2,1-3H3,(H,20,21,22). The minimum absolute atomic E-state index is 0.0327. The van der Waals surface area contributed by atoms with Gasteiger partial charge in [0.15, 0.2) is 0 Å². The van der Waals surface area contributed by atoms with E-state index in [1.54, 1.807) is 13.3 Å². The quantitative estimate of drug-likeness (QED) is 0.683. The maximum absolute atomic E-state index is 12.9. The Morgan fingerprint density at radius 3 is 3.00 bits per heavy atom. The molecule has 2 atom stereocenters. The van der Waals surface area contributed by atoms with Crippen LogP contribution >= 0.6 is 15.9 Å². The molecule has 1 aliphatic rings. The first kappa shape index (κ1) is 18.0. The van der Waals surface area contributed by atoms with Crippen molar-refractivity contribution in [1.82, 2.24) is 25.0 Å². The SMILES string of the molecule is Cc1oncc1C(=O)N1CCC(C)C(N(C)c2ncnc3[nH]cc(Br)c23)C1. The van der Waals surface area contributed by atoms with E-state index in [1.807, 2.05) is 18.1 Å². The maximum Gasteiger partial charge on any atom is 0.259 e. The van der Waals surface area contributed by atoms with Crippen LogP contribution in [0.4, 0.5) is 5.82 Å². The number of aromatic nitrogens is 4. The first-order valence-electron chi connectivity index (χ1n) is 8.88. The highest BCUT2D eigenvalue weighted by Gasteiger charge is 2.34. The number of amides is 1. The van der Waals surface area contributed by atoms with Gasteiger partial charge >= 0.3 is 0 Å². The molecule has 27 heavy (non-hydrogen) atoms. The average molecular weight is 433 g/mol. The third kappa shape index (κ3) is 3.09. The molecule has 3 aromatic rings. The molecular weight excluding hydrogens is 412 g/mol. The van der Waals surface area contributed by atoms with Crippen LogP contribution in [0.15, 0.2) is 27.7 Å². The van der Waals surface area contributed by atoms with E-state index in [1.165, 1.54) is 6.20 Å². The normalized spacial score (nSPS) is 20.2. The van der Waals surface area contributed by atoms with E-state index in [9.17, 15) is 4.79 Å². The Labute approximate surface area is 165 Å². The van der Waals surface area contributed by atoms with E-state index in [4.69, 9.17) is 4.52 Å². The molecule has 9 heteroatoms. The van der Waals surface area contributed by atoms with Gasteiger partial charge in [-0.1, -0.05) is 12.1 Å². The second-order valence-corrected chi connectivity index (χ2v) is 7.90. The number of H-pyrrole nitrogens is 1. The van der Waals surface area contributed by atoms with Gasteiger partial charge < -0.3 is 19.3 Å². The number of halogens is 1. The smallest absolute Gasteiger partial charge is 0.259 e. The van der Waals surface area contributed by atoms with Crippen LogP contribution in [-0.2, 0) is 0 Å². The first-order valence-corrected chi connectivity index (χ1v) is 9.67. The molecule has 1 aliphatic heterocycles. The minimum Gasteiger partial charge on any atom is -0.361 e. The van der Waals surface area contributed by atoms with Crippen LogP contribution in [0.25, 0.3) is 11.0 Å². The van der Waals surface area contributed by atoms with Crippen LogP contribution < -0.4 is 4.90 Å². The van der Waals surface area contributed by atoms with Crippen LogP contribution in [0, 0.1) is 12.8 Å². The largest absolute Gasteiger partial charge is 0.361 e. The van der Waals surface area contributed by atoms with Gasteiger partial charge in [-0.05, 0) is 35.2 Å². The molecule has 3 aromatic heterocycles. The van der Waals surface area contributed by atoms with Crippen LogP contribution in [0.2, 0.25) is 0 Å². The van der Waals surface area contributed by atoms with E-state index in [0.29, 0.717) is 23.8 Å². The van der Waals surface area contributed by atoms with Crippen molar-refractivity contribution in [2.75, 3.05) is 25.0 Å². The number of fused-ring (bicyclic) bond motifs is 1. The Bertz CT molecular complexity index is 983. The van der Waals surface area contributed by atoms with E-state index >= 15 is 0 Å². The summed E-state index contributed by atoms with van der Waals surface area (Å²) < 4.78 is 5.99. The summed E-state index contributed by atoms with van der Waals surface area (Å²) in [6.07, 6.45) is 5.85. The van der Waals surface area contributed by atoms with Crippen LogP contribution in [0.5, 0.6) is 0 Å². The molecule has 4 rings (SSSR count). The first-order chi connectivity index (χ1) is 13.0. The number of likely N-dealkylation sites (tertiary alicyclic amines) is 1. The number of carbonyl (C=O) groups is 1. The van der Waals surface area contributed by atoms with E-state index < -0.39 is 0 Å². The van der Waals surface area contributed by atoms with Crippen molar-refractivity contribution in [3.05, 3.63) is 34.5 Å². The molecule has 0 radical (unpaired) electrons. The van der Waals surface area contributed by atoms with Crippen molar-refractivity contribution in [1.29, 1.82) is 0 Å². The lowest BCUT2D eigenvalue weighted by atomic mass is 9.92. The number of hydrogen-bond donors (Lipinski definition) is 1. The van der Waals surface area contributed by atoms with Crippen molar-refractivity contribution >= 4 is 38.7 Å². The molecule has 0 saturated carbocycles. The maximum atomic E-state index is 12.9. The van der Waals surface area contributed by atoms with Gasteiger partial charge in [-0.25, -0.2) is 9.97 Å². The second kappa shape index (κ2) is 6.95. The lowest BCUT2D eigenvalue weighted by Gasteiger charge is -2.42. The molecule has 1 amide bonds. The summed E-state index contributed by atoms with van der Waals surface area (Å²) in [5.41, 5.74) is 1.32. The Kier molecular flexibility index (Phi) is 4.63. The second-order valence-electron chi connectivity index (χ2n) is 7.05. The Balaban J connectivity index is 1.62. The van der Waals surface area contributed by atoms with Gasteiger partial charge in [-0.2, -0.15) is 0 Å². The van der Waals surface area contributed by atoms with E-state index in [2.05, 4.69) is 47.9 Å². The summed E-state index contributed by atoms with van der Waals surface area (Å²) in [5, 5.41) is 4.68. The molecule has 0 bridgehead atoms. The summed E-state index contributed by atoms with van der Waals surface area (Å²) in [6, 6.07) is 0.141. The number of carbonyl (C=O) groups excluding carboxylic acids is 1. The van der Waals surface area contributed by atoms with Crippen LogP contribution in [0.3, 0.4) is 0 Å². The highest BCUT2D eigenvalue weighted by molar-refractivity contribution is 9.10. The van der Waals surface area contributed by atoms with Crippen molar-refractivity contribution < 1.29 is 9.32 Å².